The van der Waals surface area contributed by atoms with Crippen molar-refractivity contribution in [3.05, 3.63) is 0 Å². The number of aliphatic hydroxyl groups is 1. The summed E-state index contributed by atoms with van der Waals surface area (Å²) in [5.74, 6) is 0.905. The maximum Gasteiger partial charge on any atom is 0.0701 e. The first-order valence-corrected chi connectivity index (χ1v) is 9.76. The number of rotatable bonds is 20. The van der Waals surface area contributed by atoms with Gasteiger partial charge in [-0.1, -0.05) is 52.4 Å². The molecular weight excluding hydrogens is 308 g/mol. The van der Waals surface area contributed by atoms with Crippen LogP contribution in [0.25, 0.3) is 0 Å². The van der Waals surface area contributed by atoms with Crippen LogP contribution in [0.15, 0.2) is 0 Å². The van der Waals surface area contributed by atoms with E-state index in [0.29, 0.717) is 46.2 Å². The van der Waals surface area contributed by atoms with E-state index in [1.165, 1.54) is 38.5 Å². The van der Waals surface area contributed by atoms with Crippen molar-refractivity contribution in [3.8, 4) is 0 Å². The van der Waals surface area contributed by atoms with Gasteiger partial charge in [-0.25, -0.2) is 0 Å². The third-order valence-corrected chi connectivity index (χ3v) is 4.05. The van der Waals surface area contributed by atoms with Gasteiger partial charge in [-0.2, -0.15) is 0 Å². The van der Waals surface area contributed by atoms with Crippen molar-refractivity contribution in [2.45, 2.75) is 58.8 Å². The van der Waals surface area contributed by atoms with Gasteiger partial charge in [0.1, 0.15) is 0 Å². The van der Waals surface area contributed by atoms with E-state index in [-0.39, 0.29) is 6.61 Å². The molecule has 0 aliphatic heterocycles. The van der Waals surface area contributed by atoms with Crippen LogP contribution in [0.5, 0.6) is 0 Å². The van der Waals surface area contributed by atoms with E-state index in [0.717, 1.165) is 18.9 Å². The molecule has 0 spiro atoms. The monoisotopic (exact) mass is 348 g/mol. The summed E-state index contributed by atoms with van der Waals surface area (Å²) in [5.41, 5.74) is 0. The molecule has 0 aliphatic carbocycles. The summed E-state index contributed by atoms with van der Waals surface area (Å²) in [4.78, 5) is 0. The molecule has 5 heteroatoms. The number of hydrogen-bond donors (Lipinski definition) is 1. The molecule has 0 radical (unpaired) electrons. The largest absolute Gasteiger partial charge is 0.394 e. The average Bonchev–Trinajstić information content (AvgIpc) is 2.61. The Labute approximate surface area is 149 Å². The Morgan fingerprint density at radius 3 is 1.62 bits per heavy atom. The zero-order chi connectivity index (χ0) is 17.7. The van der Waals surface area contributed by atoms with Crippen LogP contribution in [0.1, 0.15) is 58.8 Å². The van der Waals surface area contributed by atoms with E-state index in [1.54, 1.807) is 0 Å². The minimum Gasteiger partial charge on any atom is -0.394 e. The van der Waals surface area contributed by atoms with Crippen LogP contribution in [0.3, 0.4) is 0 Å². The van der Waals surface area contributed by atoms with Crippen LogP contribution in [0, 0.1) is 5.92 Å². The fourth-order valence-electron chi connectivity index (χ4n) is 2.51. The van der Waals surface area contributed by atoms with E-state index in [9.17, 15) is 0 Å². The SMILES string of the molecule is CCCCC(CC)CCCCOCCOCCOCCOCCO. The average molecular weight is 349 g/mol. The lowest BCUT2D eigenvalue weighted by molar-refractivity contribution is -0.00582. The summed E-state index contributed by atoms with van der Waals surface area (Å²) < 4.78 is 21.4. The molecule has 0 heterocycles. The van der Waals surface area contributed by atoms with Gasteiger partial charge < -0.3 is 24.1 Å². The minimum absolute atomic E-state index is 0.0567. The van der Waals surface area contributed by atoms with Crippen molar-refractivity contribution in [3.63, 3.8) is 0 Å². The molecule has 0 bridgehead atoms. The highest BCUT2D eigenvalue weighted by Gasteiger charge is 2.05. The Morgan fingerprint density at radius 2 is 1.12 bits per heavy atom. The third kappa shape index (κ3) is 18.1. The molecular formula is C19H40O5. The van der Waals surface area contributed by atoms with Gasteiger partial charge in [0.2, 0.25) is 0 Å². The van der Waals surface area contributed by atoms with Crippen LogP contribution in [-0.2, 0) is 18.9 Å². The zero-order valence-electron chi connectivity index (χ0n) is 16.0. The van der Waals surface area contributed by atoms with Crippen LogP contribution in [0.2, 0.25) is 0 Å². The molecule has 0 aliphatic rings. The van der Waals surface area contributed by atoms with Gasteiger partial charge in [-0.05, 0) is 12.3 Å². The quantitative estimate of drug-likeness (QED) is 0.342. The molecule has 0 fully saturated rings. The molecule has 24 heavy (non-hydrogen) atoms. The first-order valence-electron chi connectivity index (χ1n) is 9.76. The van der Waals surface area contributed by atoms with E-state index in [4.69, 9.17) is 24.1 Å². The molecule has 1 N–H and O–H groups in total. The summed E-state index contributed by atoms with van der Waals surface area (Å²) in [6.07, 6.45) is 9.14. The molecule has 0 rings (SSSR count). The van der Waals surface area contributed by atoms with E-state index in [1.807, 2.05) is 0 Å². The fourth-order valence-corrected chi connectivity index (χ4v) is 2.51. The molecule has 1 unspecified atom stereocenters. The first kappa shape index (κ1) is 23.8. The van der Waals surface area contributed by atoms with Gasteiger partial charge in [0.25, 0.3) is 0 Å². The van der Waals surface area contributed by atoms with Gasteiger partial charge in [0.15, 0.2) is 0 Å². The van der Waals surface area contributed by atoms with Crippen molar-refractivity contribution in [1.82, 2.24) is 0 Å². The van der Waals surface area contributed by atoms with E-state index < -0.39 is 0 Å². The third-order valence-electron chi connectivity index (χ3n) is 4.05. The number of aliphatic hydroxyl groups excluding tert-OH is 1. The molecule has 0 saturated carbocycles. The van der Waals surface area contributed by atoms with Gasteiger partial charge in [-0.3, -0.25) is 0 Å². The molecule has 0 aromatic heterocycles. The predicted octanol–water partition coefficient (Wildman–Crippen LogP) is 3.43. The Balaban J connectivity index is 3.12. The van der Waals surface area contributed by atoms with Crippen molar-refractivity contribution in [1.29, 1.82) is 0 Å². The second-order valence-corrected chi connectivity index (χ2v) is 6.09. The van der Waals surface area contributed by atoms with E-state index in [2.05, 4.69) is 13.8 Å². The summed E-state index contributed by atoms with van der Waals surface area (Å²) in [5, 5.41) is 8.53. The maximum atomic E-state index is 8.53. The van der Waals surface area contributed by atoms with Crippen LogP contribution in [-0.4, -0.2) is 64.6 Å². The summed E-state index contributed by atoms with van der Waals surface area (Å²) in [7, 11) is 0. The summed E-state index contributed by atoms with van der Waals surface area (Å²) in [6, 6.07) is 0. The second kappa shape index (κ2) is 20.8. The Kier molecular flexibility index (Phi) is 20.7. The van der Waals surface area contributed by atoms with Crippen LogP contribution >= 0.6 is 0 Å². The summed E-state index contributed by atoms with van der Waals surface area (Å²) in [6.45, 7) is 9.32. The highest BCUT2D eigenvalue weighted by molar-refractivity contribution is 4.57. The number of hydrogen-bond acceptors (Lipinski definition) is 5. The molecule has 5 nitrogen and oxygen atoms in total. The van der Waals surface area contributed by atoms with Crippen LogP contribution < -0.4 is 0 Å². The molecule has 1 atom stereocenters. The Bertz CT molecular complexity index is 226. The summed E-state index contributed by atoms with van der Waals surface area (Å²) >= 11 is 0. The Hall–Kier alpha value is -0.200. The predicted molar refractivity (Wildman–Crippen MR) is 97.5 cm³/mol. The topological polar surface area (TPSA) is 57.2 Å². The molecule has 0 aromatic carbocycles. The normalized spacial score (nSPS) is 12.6. The number of unbranched alkanes of at least 4 members (excludes halogenated alkanes) is 2. The molecule has 0 saturated heterocycles. The maximum absolute atomic E-state index is 8.53. The number of ether oxygens (including phenoxy) is 4. The van der Waals surface area contributed by atoms with Gasteiger partial charge in [0.05, 0.1) is 52.9 Å². The molecule has 0 aromatic rings. The van der Waals surface area contributed by atoms with Crippen molar-refractivity contribution >= 4 is 0 Å². The zero-order valence-corrected chi connectivity index (χ0v) is 16.0. The van der Waals surface area contributed by atoms with Crippen LogP contribution in [0.4, 0.5) is 0 Å². The van der Waals surface area contributed by atoms with Crippen molar-refractivity contribution < 1.29 is 24.1 Å². The highest BCUT2D eigenvalue weighted by Crippen LogP contribution is 2.19. The fraction of sp³-hybridized carbons (Fsp3) is 1.00. The minimum atomic E-state index is 0.0567. The van der Waals surface area contributed by atoms with E-state index >= 15 is 0 Å². The second-order valence-electron chi connectivity index (χ2n) is 6.09. The lowest BCUT2D eigenvalue weighted by Gasteiger charge is -2.14. The van der Waals surface area contributed by atoms with Gasteiger partial charge in [0, 0.05) is 6.61 Å². The molecule has 146 valence electrons. The Morgan fingerprint density at radius 1 is 0.625 bits per heavy atom. The highest BCUT2D eigenvalue weighted by atomic mass is 16.6. The van der Waals surface area contributed by atoms with Gasteiger partial charge >= 0.3 is 0 Å². The first-order chi connectivity index (χ1) is 11.8. The van der Waals surface area contributed by atoms with Crippen molar-refractivity contribution in [2.75, 3.05) is 59.5 Å². The smallest absolute Gasteiger partial charge is 0.0701 e. The molecule has 0 amide bonds. The van der Waals surface area contributed by atoms with Gasteiger partial charge in [-0.15, -0.1) is 0 Å². The lowest BCUT2D eigenvalue weighted by Crippen LogP contribution is -2.12. The lowest BCUT2D eigenvalue weighted by atomic mass is 9.94. The van der Waals surface area contributed by atoms with Crippen molar-refractivity contribution in [2.24, 2.45) is 5.92 Å². The standard InChI is InChI=1S/C19H40O5/c1-3-5-8-19(4-2)9-6-7-11-21-13-15-23-17-18-24-16-14-22-12-10-20/h19-20H,3-18H2,1-2H3.